The van der Waals surface area contributed by atoms with E-state index in [1.54, 1.807) is 30.3 Å². The van der Waals surface area contributed by atoms with Crippen molar-refractivity contribution in [2.75, 3.05) is 0 Å². The normalized spacial score (nSPS) is 11.3. The highest BCUT2D eigenvalue weighted by molar-refractivity contribution is 5.54. The van der Waals surface area contributed by atoms with Crippen LogP contribution in [0.3, 0.4) is 0 Å². The lowest BCUT2D eigenvalue weighted by atomic mass is 10.2. The Morgan fingerprint density at radius 2 is 1.75 bits per heavy atom. The highest BCUT2D eigenvalue weighted by Crippen LogP contribution is 2.14. The van der Waals surface area contributed by atoms with Crippen LogP contribution >= 0.6 is 0 Å². The van der Waals surface area contributed by atoms with Crippen LogP contribution in [0, 0.1) is 0 Å². The first-order valence-electron chi connectivity index (χ1n) is 3.47. The predicted octanol–water partition coefficient (Wildman–Crippen LogP) is 3.48. The maximum Gasteiger partial charge on any atom is 0.158 e. The van der Waals surface area contributed by atoms with Crippen molar-refractivity contribution in [3.8, 4) is 0 Å². The van der Waals surface area contributed by atoms with Crippen molar-refractivity contribution in [3.63, 3.8) is 0 Å². The average Bonchev–Trinajstić information content (AvgIpc) is 2.06. The molecule has 0 heterocycles. The maximum absolute atomic E-state index is 12.6. The number of hydrogen-bond acceptors (Lipinski definition) is 0. The Morgan fingerprint density at radius 3 is 2.25 bits per heavy atom. The molecule has 12 heavy (non-hydrogen) atoms. The van der Waals surface area contributed by atoms with Crippen LogP contribution in [0.15, 0.2) is 48.6 Å². The molecule has 0 atom stereocenters. The zero-order valence-electron chi connectivity index (χ0n) is 6.43. The Hall–Kier alpha value is -1.44. The van der Waals surface area contributed by atoms with Crippen molar-refractivity contribution >= 4 is 6.08 Å². The van der Waals surface area contributed by atoms with Gasteiger partial charge < -0.3 is 0 Å². The van der Waals surface area contributed by atoms with E-state index >= 15 is 0 Å². The van der Waals surface area contributed by atoms with Crippen LogP contribution in [0.5, 0.6) is 0 Å². The van der Waals surface area contributed by atoms with E-state index in [2.05, 4.69) is 6.58 Å². The summed E-state index contributed by atoms with van der Waals surface area (Å²) in [6, 6.07) is 8.67. The molecule has 0 N–H and O–H groups in total. The summed E-state index contributed by atoms with van der Waals surface area (Å²) in [6.45, 7) is 2.84. The number of allylic oxidation sites excluding steroid dienone is 2. The molecular weight excluding hydrogens is 158 g/mol. The first-order chi connectivity index (χ1) is 5.70. The second-order valence-corrected chi connectivity index (χ2v) is 2.31. The summed E-state index contributed by atoms with van der Waals surface area (Å²) in [6.07, 6.45) is 1.10. The molecule has 0 saturated carbocycles. The zero-order chi connectivity index (χ0) is 8.97. The highest BCUT2D eigenvalue weighted by Gasteiger charge is 1.98. The van der Waals surface area contributed by atoms with Crippen LogP contribution in [-0.4, -0.2) is 0 Å². The minimum Gasteiger partial charge on any atom is -0.204 e. The minimum absolute atomic E-state index is 0.619. The molecule has 0 radical (unpaired) electrons. The van der Waals surface area contributed by atoms with Crippen LogP contribution in [0.2, 0.25) is 0 Å². The molecule has 0 aromatic heterocycles. The van der Waals surface area contributed by atoms with Crippen LogP contribution in [0.1, 0.15) is 5.56 Å². The third-order valence-electron chi connectivity index (χ3n) is 1.35. The van der Waals surface area contributed by atoms with Crippen molar-refractivity contribution in [3.05, 3.63) is 54.1 Å². The molecule has 0 aliphatic rings. The third-order valence-corrected chi connectivity index (χ3v) is 1.35. The van der Waals surface area contributed by atoms with Gasteiger partial charge in [0.2, 0.25) is 0 Å². The fourth-order valence-electron chi connectivity index (χ4n) is 0.774. The summed E-state index contributed by atoms with van der Waals surface area (Å²) in [5.74, 6) is -1.97. The number of rotatable bonds is 2. The fraction of sp³-hybridized carbons (Fsp3) is 0. The number of benzene rings is 1. The molecule has 0 spiro atoms. The molecule has 0 aliphatic heterocycles. The predicted molar refractivity (Wildman–Crippen MR) is 45.8 cm³/mol. The SMILES string of the molecule is C=C(F)/C(F)=C/c1ccccc1. The van der Waals surface area contributed by atoms with Crippen molar-refractivity contribution in [1.82, 2.24) is 0 Å². The lowest BCUT2D eigenvalue weighted by Crippen LogP contribution is -1.74. The van der Waals surface area contributed by atoms with Gasteiger partial charge in [-0.15, -0.1) is 0 Å². The lowest BCUT2D eigenvalue weighted by Gasteiger charge is -1.92. The first kappa shape index (κ1) is 8.65. The summed E-state index contributed by atoms with van der Waals surface area (Å²) < 4.78 is 24.7. The molecular formula is C10H8F2. The molecule has 62 valence electrons. The Labute approximate surface area is 69.8 Å². The van der Waals surface area contributed by atoms with E-state index in [4.69, 9.17) is 0 Å². The Bertz CT molecular complexity index is 299. The molecule has 1 rings (SSSR count). The molecule has 0 unspecified atom stereocenters. The smallest absolute Gasteiger partial charge is 0.158 e. The van der Waals surface area contributed by atoms with Crippen molar-refractivity contribution in [2.24, 2.45) is 0 Å². The number of hydrogen-bond donors (Lipinski definition) is 0. The molecule has 0 amide bonds. The first-order valence-corrected chi connectivity index (χ1v) is 3.47. The lowest BCUT2D eigenvalue weighted by molar-refractivity contribution is 0.553. The van der Waals surface area contributed by atoms with Gasteiger partial charge in [-0.05, 0) is 11.6 Å². The second kappa shape index (κ2) is 3.81. The van der Waals surface area contributed by atoms with E-state index in [0.717, 1.165) is 6.08 Å². The van der Waals surface area contributed by atoms with E-state index in [0.29, 0.717) is 5.56 Å². The minimum atomic E-state index is -1.04. The topological polar surface area (TPSA) is 0 Å². The van der Waals surface area contributed by atoms with Gasteiger partial charge in [0.15, 0.2) is 11.7 Å². The van der Waals surface area contributed by atoms with Crippen LogP contribution in [0.4, 0.5) is 8.78 Å². The largest absolute Gasteiger partial charge is 0.204 e. The van der Waals surface area contributed by atoms with E-state index in [-0.39, 0.29) is 0 Å². The van der Waals surface area contributed by atoms with Crippen molar-refractivity contribution in [2.45, 2.75) is 0 Å². The van der Waals surface area contributed by atoms with Gasteiger partial charge in [0.25, 0.3) is 0 Å². The monoisotopic (exact) mass is 166 g/mol. The van der Waals surface area contributed by atoms with E-state index in [1.807, 2.05) is 0 Å². The average molecular weight is 166 g/mol. The molecule has 0 aliphatic carbocycles. The summed E-state index contributed by atoms with van der Waals surface area (Å²) in [4.78, 5) is 0. The summed E-state index contributed by atoms with van der Waals surface area (Å²) in [7, 11) is 0. The quantitative estimate of drug-likeness (QED) is 0.590. The van der Waals surface area contributed by atoms with Crippen LogP contribution in [0.25, 0.3) is 6.08 Å². The van der Waals surface area contributed by atoms with Gasteiger partial charge in [-0.2, -0.15) is 0 Å². The van der Waals surface area contributed by atoms with Gasteiger partial charge in [-0.3, -0.25) is 0 Å². The molecule has 1 aromatic rings. The fourth-order valence-corrected chi connectivity index (χ4v) is 0.774. The molecule has 2 heteroatoms. The number of halogens is 2. The van der Waals surface area contributed by atoms with Gasteiger partial charge in [-0.1, -0.05) is 36.9 Å². The van der Waals surface area contributed by atoms with Crippen LogP contribution < -0.4 is 0 Å². The van der Waals surface area contributed by atoms with Gasteiger partial charge in [0, 0.05) is 0 Å². The molecule has 0 bridgehead atoms. The molecule has 0 nitrogen and oxygen atoms in total. The van der Waals surface area contributed by atoms with Crippen LogP contribution in [-0.2, 0) is 0 Å². The van der Waals surface area contributed by atoms with Gasteiger partial charge in [-0.25, -0.2) is 8.78 Å². The van der Waals surface area contributed by atoms with E-state index in [1.165, 1.54) is 0 Å². The molecule has 0 saturated heterocycles. The van der Waals surface area contributed by atoms with E-state index in [9.17, 15) is 8.78 Å². The Morgan fingerprint density at radius 1 is 1.17 bits per heavy atom. The maximum atomic E-state index is 12.6. The highest BCUT2D eigenvalue weighted by atomic mass is 19.2. The van der Waals surface area contributed by atoms with Gasteiger partial charge >= 0.3 is 0 Å². The van der Waals surface area contributed by atoms with Gasteiger partial charge in [0.1, 0.15) is 0 Å². The van der Waals surface area contributed by atoms with Crippen molar-refractivity contribution < 1.29 is 8.78 Å². The third kappa shape index (κ3) is 2.31. The standard InChI is InChI=1S/C10H8F2/c1-8(11)10(12)7-9-5-3-2-4-6-9/h2-7H,1H2/b10-7-. The van der Waals surface area contributed by atoms with E-state index < -0.39 is 11.7 Å². The van der Waals surface area contributed by atoms with Gasteiger partial charge in [0.05, 0.1) is 0 Å². The summed E-state index contributed by atoms with van der Waals surface area (Å²) in [5, 5.41) is 0. The summed E-state index contributed by atoms with van der Waals surface area (Å²) >= 11 is 0. The summed E-state index contributed by atoms with van der Waals surface area (Å²) in [5.41, 5.74) is 0.619. The zero-order valence-corrected chi connectivity index (χ0v) is 6.43. The Kier molecular flexibility index (Phi) is 2.75. The Balaban J connectivity index is 2.89. The molecule has 0 fully saturated rings. The van der Waals surface area contributed by atoms with Crippen molar-refractivity contribution in [1.29, 1.82) is 0 Å². The second-order valence-electron chi connectivity index (χ2n) is 2.31. The molecule has 1 aromatic carbocycles.